The molecule has 0 aromatic rings. The summed E-state index contributed by atoms with van der Waals surface area (Å²) in [7, 11) is 0. The minimum Gasteiger partial charge on any atom is -0.350 e. The Morgan fingerprint density at radius 1 is 1.00 bits per heavy atom. The van der Waals surface area contributed by atoms with Gasteiger partial charge in [0.15, 0.2) is 5.79 Å². The molecule has 0 aromatic carbocycles. The van der Waals surface area contributed by atoms with E-state index in [0.717, 1.165) is 38.4 Å². The lowest BCUT2D eigenvalue weighted by atomic mass is 9.86. The zero-order chi connectivity index (χ0) is 10.4. The molecule has 0 N–H and O–H groups in total. The molecule has 0 amide bonds. The maximum absolute atomic E-state index is 5.73. The van der Waals surface area contributed by atoms with E-state index in [9.17, 15) is 0 Å². The zero-order valence-electron chi connectivity index (χ0n) is 9.84. The molecular formula is C12H24O2. The SMILES string of the molecule is CC.CC1CCC2(CC1)OCCCO2. The summed E-state index contributed by atoms with van der Waals surface area (Å²) in [4.78, 5) is 0. The van der Waals surface area contributed by atoms with Crippen molar-refractivity contribution in [3.05, 3.63) is 0 Å². The molecule has 1 aliphatic carbocycles. The molecule has 2 nitrogen and oxygen atoms in total. The molecule has 0 unspecified atom stereocenters. The fourth-order valence-electron chi connectivity index (χ4n) is 2.11. The number of hydrogen-bond donors (Lipinski definition) is 0. The van der Waals surface area contributed by atoms with Gasteiger partial charge in [0.2, 0.25) is 0 Å². The standard InChI is InChI=1S/C10H18O2.C2H6/c1-9-3-5-10(6-4-9)11-7-2-8-12-10;1-2/h9H,2-8H2,1H3;1-2H3. The van der Waals surface area contributed by atoms with Crippen molar-refractivity contribution in [3.63, 3.8) is 0 Å². The summed E-state index contributed by atoms with van der Waals surface area (Å²) >= 11 is 0. The van der Waals surface area contributed by atoms with E-state index >= 15 is 0 Å². The van der Waals surface area contributed by atoms with Crippen molar-refractivity contribution in [1.29, 1.82) is 0 Å². The van der Waals surface area contributed by atoms with Gasteiger partial charge in [0.25, 0.3) is 0 Å². The van der Waals surface area contributed by atoms with Gasteiger partial charge in [0.1, 0.15) is 0 Å². The van der Waals surface area contributed by atoms with E-state index in [4.69, 9.17) is 9.47 Å². The summed E-state index contributed by atoms with van der Waals surface area (Å²) in [5, 5.41) is 0. The van der Waals surface area contributed by atoms with E-state index in [-0.39, 0.29) is 5.79 Å². The Bertz CT molecular complexity index is 140. The molecule has 0 radical (unpaired) electrons. The van der Waals surface area contributed by atoms with Crippen LogP contribution in [0.1, 0.15) is 52.9 Å². The zero-order valence-corrected chi connectivity index (χ0v) is 9.84. The van der Waals surface area contributed by atoms with Gasteiger partial charge in [-0.2, -0.15) is 0 Å². The van der Waals surface area contributed by atoms with Gasteiger partial charge < -0.3 is 9.47 Å². The van der Waals surface area contributed by atoms with Crippen LogP contribution in [0.15, 0.2) is 0 Å². The van der Waals surface area contributed by atoms with E-state index in [0.29, 0.717) is 0 Å². The second kappa shape index (κ2) is 5.72. The Balaban J connectivity index is 0.000000461. The van der Waals surface area contributed by atoms with Crippen molar-refractivity contribution in [2.24, 2.45) is 5.92 Å². The lowest BCUT2D eigenvalue weighted by Gasteiger charge is -2.41. The summed E-state index contributed by atoms with van der Waals surface area (Å²) in [5.41, 5.74) is 0. The minimum absolute atomic E-state index is 0.162. The highest BCUT2D eigenvalue weighted by molar-refractivity contribution is 4.79. The van der Waals surface area contributed by atoms with Crippen LogP contribution in [0.4, 0.5) is 0 Å². The first-order valence-corrected chi connectivity index (χ1v) is 6.09. The predicted octanol–water partition coefficient (Wildman–Crippen LogP) is 3.36. The van der Waals surface area contributed by atoms with E-state index in [1.54, 1.807) is 0 Å². The average Bonchev–Trinajstić information content (AvgIpc) is 2.27. The molecule has 1 saturated carbocycles. The maximum atomic E-state index is 5.73. The third-order valence-corrected chi connectivity index (χ3v) is 3.05. The molecule has 84 valence electrons. The Kier molecular flexibility index (Phi) is 4.90. The van der Waals surface area contributed by atoms with Crippen LogP contribution in [0.2, 0.25) is 0 Å². The minimum atomic E-state index is -0.162. The third-order valence-electron chi connectivity index (χ3n) is 3.05. The monoisotopic (exact) mass is 200 g/mol. The highest BCUT2D eigenvalue weighted by atomic mass is 16.7. The second-order valence-electron chi connectivity index (χ2n) is 4.14. The first-order valence-electron chi connectivity index (χ1n) is 6.09. The van der Waals surface area contributed by atoms with Gasteiger partial charge in [-0.25, -0.2) is 0 Å². The quantitative estimate of drug-likeness (QED) is 0.597. The molecule has 2 aliphatic rings. The first-order chi connectivity index (χ1) is 6.81. The molecule has 14 heavy (non-hydrogen) atoms. The molecule has 1 heterocycles. The Morgan fingerprint density at radius 2 is 1.50 bits per heavy atom. The lowest BCUT2D eigenvalue weighted by molar-refractivity contribution is -0.282. The molecule has 2 heteroatoms. The second-order valence-corrected chi connectivity index (χ2v) is 4.14. The molecule has 0 bridgehead atoms. The van der Waals surface area contributed by atoms with Crippen LogP contribution in [-0.2, 0) is 9.47 Å². The summed E-state index contributed by atoms with van der Waals surface area (Å²) in [6, 6.07) is 0. The Morgan fingerprint density at radius 3 is 2.00 bits per heavy atom. The van der Waals surface area contributed by atoms with Crippen molar-refractivity contribution in [2.45, 2.75) is 58.7 Å². The van der Waals surface area contributed by atoms with Crippen LogP contribution in [0, 0.1) is 5.92 Å². The molecular weight excluding hydrogens is 176 g/mol. The highest BCUT2D eigenvalue weighted by Crippen LogP contribution is 2.37. The van der Waals surface area contributed by atoms with Crippen LogP contribution in [-0.4, -0.2) is 19.0 Å². The number of ether oxygens (including phenoxy) is 2. The fraction of sp³-hybridized carbons (Fsp3) is 1.00. The Hall–Kier alpha value is -0.0800. The summed E-state index contributed by atoms with van der Waals surface area (Å²) < 4.78 is 11.5. The normalized spacial score (nSPS) is 26.8. The van der Waals surface area contributed by atoms with Crippen LogP contribution >= 0.6 is 0 Å². The van der Waals surface area contributed by atoms with Crippen LogP contribution < -0.4 is 0 Å². The van der Waals surface area contributed by atoms with E-state index in [1.165, 1.54) is 12.8 Å². The largest absolute Gasteiger partial charge is 0.350 e. The molecule has 0 atom stereocenters. The van der Waals surface area contributed by atoms with Gasteiger partial charge in [-0.15, -0.1) is 0 Å². The van der Waals surface area contributed by atoms with Gasteiger partial charge >= 0.3 is 0 Å². The lowest BCUT2D eigenvalue weighted by Crippen LogP contribution is -2.43. The van der Waals surface area contributed by atoms with E-state index in [2.05, 4.69) is 6.92 Å². The van der Waals surface area contributed by atoms with Crippen molar-refractivity contribution < 1.29 is 9.47 Å². The van der Waals surface area contributed by atoms with Gasteiger partial charge in [-0.05, 0) is 25.2 Å². The smallest absolute Gasteiger partial charge is 0.168 e. The van der Waals surface area contributed by atoms with Crippen LogP contribution in [0.25, 0.3) is 0 Å². The molecule has 2 rings (SSSR count). The molecule has 2 fully saturated rings. The van der Waals surface area contributed by atoms with Gasteiger partial charge in [-0.1, -0.05) is 20.8 Å². The predicted molar refractivity (Wildman–Crippen MR) is 58.2 cm³/mol. The van der Waals surface area contributed by atoms with E-state index < -0.39 is 0 Å². The van der Waals surface area contributed by atoms with E-state index in [1.807, 2.05) is 13.8 Å². The summed E-state index contributed by atoms with van der Waals surface area (Å²) in [6.07, 6.45) is 5.81. The topological polar surface area (TPSA) is 18.5 Å². The Labute approximate surface area is 88.0 Å². The van der Waals surface area contributed by atoms with Crippen molar-refractivity contribution in [2.75, 3.05) is 13.2 Å². The van der Waals surface area contributed by atoms with Crippen molar-refractivity contribution >= 4 is 0 Å². The van der Waals surface area contributed by atoms with Gasteiger partial charge in [0.05, 0.1) is 13.2 Å². The molecule has 0 aromatic heterocycles. The average molecular weight is 200 g/mol. The van der Waals surface area contributed by atoms with Crippen molar-refractivity contribution in [3.8, 4) is 0 Å². The third kappa shape index (κ3) is 2.96. The highest BCUT2D eigenvalue weighted by Gasteiger charge is 2.37. The van der Waals surface area contributed by atoms with Crippen LogP contribution in [0.3, 0.4) is 0 Å². The molecule has 1 saturated heterocycles. The van der Waals surface area contributed by atoms with Gasteiger partial charge in [0, 0.05) is 12.8 Å². The maximum Gasteiger partial charge on any atom is 0.168 e. The number of rotatable bonds is 0. The number of hydrogen-bond acceptors (Lipinski definition) is 2. The van der Waals surface area contributed by atoms with Crippen molar-refractivity contribution in [1.82, 2.24) is 0 Å². The molecule has 1 spiro atoms. The first kappa shape index (κ1) is 12.0. The fourth-order valence-corrected chi connectivity index (χ4v) is 2.11. The summed E-state index contributed by atoms with van der Waals surface area (Å²) in [5.74, 6) is 0.704. The summed E-state index contributed by atoms with van der Waals surface area (Å²) in [6.45, 7) is 8.11. The van der Waals surface area contributed by atoms with Crippen LogP contribution in [0.5, 0.6) is 0 Å². The molecule has 1 aliphatic heterocycles. The van der Waals surface area contributed by atoms with Gasteiger partial charge in [-0.3, -0.25) is 0 Å².